The standard InChI is InChI=1S/C22H19F2N7O2/c1-12-18(27-30-31(12)16-8-10-17(11-9-16)33-22(23)24)21(32)25-15-6-4-14(5-7-15)20-26-19(28-29-20)13-2-3-13/h4-11,13,22H,2-3H2,1H3,(H,25,32)(H,26,28,29). The number of nitrogens with zero attached hydrogens (tertiary/aromatic N) is 5. The molecular weight excluding hydrogens is 432 g/mol. The zero-order valence-corrected chi connectivity index (χ0v) is 17.5. The molecule has 2 aromatic carbocycles. The molecular formula is C22H19F2N7O2. The van der Waals surface area contributed by atoms with Crippen LogP contribution >= 0.6 is 0 Å². The molecule has 0 bridgehead atoms. The number of nitrogens with one attached hydrogen (secondary N) is 2. The number of amides is 1. The van der Waals surface area contributed by atoms with E-state index in [2.05, 4.69) is 35.5 Å². The van der Waals surface area contributed by atoms with Crippen LogP contribution < -0.4 is 10.1 Å². The molecule has 2 aromatic heterocycles. The van der Waals surface area contributed by atoms with Gasteiger partial charge in [0.1, 0.15) is 11.6 Å². The van der Waals surface area contributed by atoms with Gasteiger partial charge >= 0.3 is 6.61 Å². The Morgan fingerprint density at radius 2 is 1.88 bits per heavy atom. The predicted octanol–water partition coefficient (Wildman–Crippen LogP) is 4.09. The lowest BCUT2D eigenvalue weighted by molar-refractivity contribution is -0.0498. The second kappa shape index (κ2) is 8.41. The molecule has 0 radical (unpaired) electrons. The number of anilines is 1. The van der Waals surface area contributed by atoms with E-state index in [0.717, 1.165) is 24.2 Å². The average molecular weight is 451 g/mol. The normalized spacial score (nSPS) is 13.3. The van der Waals surface area contributed by atoms with E-state index in [0.29, 0.717) is 28.8 Å². The van der Waals surface area contributed by atoms with Crippen molar-refractivity contribution in [2.24, 2.45) is 0 Å². The summed E-state index contributed by atoms with van der Waals surface area (Å²) in [6, 6.07) is 13.1. The number of hydrogen-bond donors (Lipinski definition) is 2. The molecule has 2 N–H and O–H groups in total. The van der Waals surface area contributed by atoms with Crippen molar-refractivity contribution in [3.05, 3.63) is 65.7 Å². The maximum atomic E-state index is 12.7. The van der Waals surface area contributed by atoms with Crippen LogP contribution in [0, 0.1) is 6.92 Å². The Balaban J connectivity index is 1.27. The highest BCUT2D eigenvalue weighted by molar-refractivity contribution is 6.03. The monoisotopic (exact) mass is 451 g/mol. The van der Waals surface area contributed by atoms with Gasteiger partial charge in [-0.25, -0.2) is 9.67 Å². The molecule has 0 unspecified atom stereocenters. The fourth-order valence-electron chi connectivity index (χ4n) is 3.39. The summed E-state index contributed by atoms with van der Waals surface area (Å²) in [4.78, 5) is 17.3. The summed E-state index contributed by atoms with van der Waals surface area (Å²) in [7, 11) is 0. The highest BCUT2D eigenvalue weighted by Crippen LogP contribution is 2.38. The molecule has 9 nitrogen and oxygen atoms in total. The van der Waals surface area contributed by atoms with Gasteiger partial charge in [0.25, 0.3) is 5.91 Å². The number of aromatic amines is 1. The number of alkyl halides is 2. The van der Waals surface area contributed by atoms with E-state index in [1.807, 2.05) is 12.1 Å². The second-order valence-electron chi connectivity index (χ2n) is 7.66. The van der Waals surface area contributed by atoms with Crippen LogP contribution in [-0.4, -0.2) is 42.7 Å². The first-order valence-corrected chi connectivity index (χ1v) is 10.3. The minimum absolute atomic E-state index is 0.0294. The number of hydrogen-bond acceptors (Lipinski definition) is 6. The van der Waals surface area contributed by atoms with Gasteiger partial charge in [-0.1, -0.05) is 5.21 Å². The van der Waals surface area contributed by atoms with Gasteiger partial charge in [-0.2, -0.15) is 13.9 Å². The van der Waals surface area contributed by atoms with Crippen molar-refractivity contribution in [3.63, 3.8) is 0 Å². The summed E-state index contributed by atoms with van der Waals surface area (Å²) in [5.74, 6) is 1.64. The molecule has 0 atom stereocenters. The molecule has 0 saturated heterocycles. The molecule has 2 heterocycles. The Hall–Kier alpha value is -4.15. The topological polar surface area (TPSA) is 111 Å². The molecule has 5 rings (SSSR count). The van der Waals surface area contributed by atoms with Crippen LogP contribution in [0.5, 0.6) is 5.75 Å². The van der Waals surface area contributed by atoms with Gasteiger partial charge in [-0.05, 0) is 68.3 Å². The summed E-state index contributed by atoms with van der Waals surface area (Å²) in [6.07, 6.45) is 2.28. The summed E-state index contributed by atoms with van der Waals surface area (Å²) in [6.45, 7) is -1.20. The maximum Gasteiger partial charge on any atom is 0.387 e. The quantitative estimate of drug-likeness (QED) is 0.438. The van der Waals surface area contributed by atoms with E-state index < -0.39 is 12.5 Å². The minimum atomic E-state index is -2.90. The third-order valence-corrected chi connectivity index (χ3v) is 5.28. The van der Waals surface area contributed by atoms with Crippen LogP contribution in [0.2, 0.25) is 0 Å². The average Bonchev–Trinajstić information content (AvgIpc) is 3.40. The number of halogens is 2. The van der Waals surface area contributed by atoms with E-state index in [1.54, 1.807) is 31.2 Å². The lowest BCUT2D eigenvalue weighted by Gasteiger charge is -2.07. The summed E-state index contributed by atoms with van der Waals surface area (Å²) >= 11 is 0. The molecule has 1 aliphatic carbocycles. The van der Waals surface area contributed by atoms with Crippen LogP contribution in [0.3, 0.4) is 0 Å². The number of benzene rings is 2. The van der Waals surface area contributed by atoms with Gasteiger partial charge < -0.3 is 10.1 Å². The molecule has 1 fully saturated rings. The van der Waals surface area contributed by atoms with Crippen molar-refractivity contribution < 1.29 is 18.3 Å². The van der Waals surface area contributed by atoms with Gasteiger partial charge in [0.2, 0.25) is 0 Å². The number of aromatic nitrogens is 6. The fraction of sp³-hybridized carbons (Fsp3) is 0.227. The first kappa shape index (κ1) is 20.7. The number of carbonyl (C=O) groups is 1. The van der Waals surface area contributed by atoms with Crippen LogP contribution in [-0.2, 0) is 0 Å². The Kier molecular flexibility index (Phi) is 5.29. The van der Waals surface area contributed by atoms with Crippen LogP contribution in [0.4, 0.5) is 14.5 Å². The molecule has 1 amide bonds. The van der Waals surface area contributed by atoms with Crippen molar-refractivity contribution in [2.45, 2.75) is 32.3 Å². The summed E-state index contributed by atoms with van der Waals surface area (Å²) < 4.78 is 30.4. The second-order valence-corrected chi connectivity index (χ2v) is 7.66. The van der Waals surface area contributed by atoms with Crippen molar-refractivity contribution in [1.82, 2.24) is 30.2 Å². The van der Waals surface area contributed by atoms with E-state index in [-0.39, 0.29) is 11.4 Å². The number of ether oxygens (including phenoxy) is 1. The Bertz CT molecular complexity index is 1280. The van der Waals surface area contributed by atoms with E-state index >= 15 is 0 Å². The molecule has 4 aromatic rings. The minimum Gasteiger partial charge on any atom is -0.435 e. The fourth-order valence-corrected chi connectivity index (χ4v) is 3.39. The van der Waals surface area contributed by atoms with Gasteiger partial charge in [0, 0.05) is 17.2 Å². The Morgan fingerprint density at radius 3 is 2.55 bits per heavy atom. The van der Waals surface area contributed by atoms with Crippen LogP contribution in [0.1, 0.15) is 40.8 Å². The first-order valence-electron chi connectivity index (χ1n) is 10.3. The van der Waals surface area contributed by atoms with Crippen LogP contribution in [0.15, 0.2) is 48.5 Å². The third-order valence-electron chi connectivity index (χ3n) is 5.28. The number of carbonyl (C=O) groups excluding carboxylic acids is 1. The predicted molar refractivity (Wildman–Crippen MR) is 114 cm³/mol. The molecule has 1 aliphatic rings. The van der Waals surface area contributed by atoms with Crippen molar-refractivity contribution >= 4 is 11.6 Å². The summed E-state index contributed by atoms with van der Waals surface area (Å²) in [5, 5.41) is 18.0. The molecule has 33 heavy (non-hydrogen) atoms. The lowest BCUT2D eigenvalue weighted by Crippen LogP contribution is -2.14. The van der Waals surface area contributed by atoms with Crippen molar-refractivity contribution in [3.8, 4) is 22.8 Å². The molecule has 0 aliphatic heterocycles. The van der Waals surface area contributed by atoms with E-state index in [4.69, 9.17) is 0 Å². The third kappa shape index (κ3) is 4.43. The van der Waals surface area contributed by atoms with Gasteiger partial charge in [0.15, 0.2) is 11.5 Å². The smallest absolute Gasteiger partial charge is 0.387 e. The van der Waals surface area contributed by atoms with Gasteiger partial charge in [0.05, 0.1) is 11.4 Å². The van der Waals surface area contributed by atoms with Gasteiger partial charge in [-0.3, -0.25) is 9.89 Å². The zero-order valence-electron chi connectivity index (χ0n) is 17.5. The lowest BCUT2D eigenvalue weighted by atomic mass is 10.2. The van der Waals surface area contributed by atoms with Crippen molar-refractivity contribution in [2.75, 3.05) is 5.32 Å². The maximum absolute atomic E-state index is 12.7. The van der Waals surface area contributed by atoms with Gasteiger partial charge in [-0.15, -0.1) is 5.10 Å². The highest BCUT2D eigenvalue weighted by atomic mass is 19.3. The Morgan fingerprint density at radius 1 is 1.15 bits per heavy atom. The summed E-state index contributed by atoms with van der Waals surface area (Å²) in [5.41, 5.74) is 2.64. The van der Waals surface area contributed by atoms with E-state index in [1.165, 1.54) is 16.8 Å². The number of rotatable bonds is 7. The molecule has 168 valence electrons. The van der Waals surface area contributed by atoms with Crippen molar-refractivity contribution in [1.29, 1.82) is 0 Å². The zero-order chi connectivity index (χ0) is 22.9. The SMILES string of the molecule is Cc1c(C(=O)Nc2ccc(-c3n[nH]c(C4CC4)n3)cc2)nnn1-c1ccc(OC(F)F)cc1. The van der Waals surface area contributed by atoms with Crippen LogP contribution in [0.25, 0.3) is 17.1 Å². The largest absolute Gasteiger partial charge is 0.435 e. The number of H-pyrrole nitrogens is 1. The highest BCUT2D eigenvalue weighted by Gasteiger charge is 2.27. The molecule has 0 spiro atoms. The Labute approximate surface area is 186 Å². The molecule has 1 saturated carbocycles. The molecule has 11 heteroatoms. The van der Waals surface area contributed by atoms with E-state index in [9.17, 15) is 13.6 Å². The first-order chi connectivity index (χ1) is 16.0.